The Morgan fingerprint density at radius 1 is 1.19 bits per heavy atom. The lowest BCUT2D eigenvalue weighted by molar-refractivity contribution is -0.174. The molecule has 0 spiro atoms. The van der Waals surface area contributed by atoms with Crippen LogP contribution in [0.15, 0.2) is 30.3 Å². The zero-order valence-electron chi connectivity index (χ0n) is 18.0. The number of ether oxygens (including phenoxy) is 1. The number of rotatable bonds is 8. The minimum Gasteiger partial charge on any atom is -0.480 e. The molecule has 4 N–H and O–H groups in total. The molecule has 3 rings (SSSR count). The minimum absolute atomic E-state index is 0. The van der Waals surface area contributed by atoms with Gasteiger partial charge >= 0.3 is 11.9 Å². The van der Waals surface area contributed by atoms with Gasteiger partial charge in [0.25, 0.3) is 5.91 Å². The fraction of sp³-hybridized carbons (Fsp3) is 0.591. The molecule has 0 aromatic heterocycles. The number of nitrogens with zero attached hydrogens (tertiary/aromatic N) is 2. The first-order valence-corrected chi connectivity index (χ1v) is 10.8. The summed E-state index contributed by atoms with van der Waals surface area (Å²) in [5.41, 5.74) is 1.11. The number of aliphatic carboxylic acids is 1. The number of carboxylic acids is 1. The molecule has 0 bridgehead atoms. The molecule has 9 heteroatoms. The summed E-state index contributed by atoms with van der Waals surface area (Å²) in [6.45, 7) is 3.34. The first-order chi connectivity index (χ1) is 14.5. The van der Waals surface area contributed by atoms with Crippen LogP contribution in [0.5, 0.6) is 0 Å². The number of carbonyl (C=O) groups is 3. The number of nitrogens with one attached hydrogen (secondary N) is 1. The molecule has 2 aliphatic heterocycles. The maximum atomic E-state index is 13.3. The van der Waals surface area contributed by atoms with E-state index < -0.39 is 24.1 Å². The van der Waals surface area contributed by atoms with Gasteiger partial charge in [0.1, 0.15) is 12.1 Å². The predicted molar refractivity (Wildman–Crippen MR) is 114 cm³/mol. The van der Waals surface area contributed by atoms with Crippen LogP contribution in [0.4, 0.5) is 0 Å². The highest BCUT2D eigenvalue weighted by molar-refractivity contribution is 5.87. The number of hydrogen-bond acceptors (Lipinski definition) is 6. The molecule has 2 aliphatic rings. The summed E-state index contributed by atoms with van der Waals surface area (Å²) < 4.78 is 5.24. The van der Waals surface area contributed by atoms with E-state index in [0.29, 0.717) is 38.8 Å². The van der Waals surface area contributed by atoms with Crippen LogP contribution in [0.25, 0.3) is 0 Å². The van der Waals surface area contributed by atoms with Gasteiger partial charge in [0.05, 0.1) is 12.6 Å². The first-order valence-electron chi connectivity index (χ1n) is 10.8. The molecule has 172 valence electrons. The van der Waals surface area contributed by atoms with Crippen LogP contribution in [0.2, 0.25) is 0 Å². The van der Waals surface area contributed by atoms with Crippen molar-refractivity contribution in [1.29, 1.82) is 0 Å². The van der Waals surface area contributed by atoms with Crippen molar-refractivity contribution in [3.63, 3.8) is 0 Å². The molecule has 3 unspecified atom stereocenters. The van der Waals surface area contributed by atoms with Gasteiger partial charge in [-0.15, -0.1) is 0 Å². The maximum Gasteiger partial charge on any atom is 0.328 e. The number of carbonyl (C=O) groups excluding carboxylic acids is 2. The van der Waals surface area contributed by atoms with Crippen molar-refractivity contribution in [3.05, 3.63) is 35.9 Å². The van der Waals surface area contributed by atoms with Crippen LogP contribution < -0.4 is 5.32 Å². The van der Waals surface area contributed by atoms with Gasteiger partial charge in [-0.25, -0.2) is 9.80 Å². The number of amides is 1. The topological polar surface area (TPSA) is 131 Å². The molecular weight excluding hydrogens is 402 g/mol. The molecule has 0 radical (unpaired) electrons. The largest absolute Gasteiger partial charge is 0.480 e. The second-order valence-corrected chi connectivity index (χ2v) is 7.82. The van der Waals surface area contributed by atoms with Crippen molar-refractivity contribution < 1.29 is 29.7 Å². The minimum atomic E-state index is -0.986. The van der Waals surface area contributed by atoms with Gasteiger partial charge in [-0.1, -0.05) is 30.3 Å². The molecule has 31 heavy (non-hydrogen) atoms. The number of carboxylic acid groups (broad SMARTS) is 1. The predicted octanol–water partition coefficient (Wildman–Crippen LogP) is 0.771. The Morgan fingerprint density at radius 2 is 1.87 bits per heavy atom. The number of benzene rings is 1. The molecule has 1 aromatic carbocycles. The second kappa shape index (κ2) is 11.8. The molecule has 0 aliphatic carbocycles. The highest BCUT2D eigenvalue weighted by Crippen LogP contribution is 2.24. The normalized spacial score (nSPS) is 22.6. The van der Waals surface area contributed by atoms with Crippen molar-refractivity contribution in [2.45, 2.75) is 63.6 Å². The number of fused-ring (bicyclic) bond motifs is 1. The number of hydrogen-bond donors (Lipinski definition) is 2. The molecule has 3 atom stereocenters. The molecule has 1 aromatic rings. The summed E-state index contributed by atoms with van der Waals surface area (Å²) >= 11 is 0. The van der Waals surface area contributed by atoms with Gasteiger partial charge in [0, 0.05) is 13.1 Å². The average molecular weight is 436 g/mol. The van der Waals surface area contributed by atoms with E-state index in [9.17, 15) is 19.5 Å². The van der Waals surface area contributed by atoms with E-state index in [1.165, 1.54) is 5.01 Å². The summed E-state index contributed by atoms with van der Waals surface area (Å²) in [5.74, 6) is -1.64. The van der Waals surface area contributed by atoms with Gasteiger partial charge in [-0.3, -0.25) is 19.9 Å². The van der Waals surface area contributed by atoms with E-state index >= 15 is 0 Å². The molecule has 0 saturated carbocycles. The van der Waals surface area contributed by atoms with E-state index in [1.54, 1.807) is 6.92 Å². The van der Waals surface area contributed by atoms with Gasteiger partial charge in [0.15, 0.2) is 0 Å². The van der Waals surface area contributed by atoms with Crippen LogP contribution >= 0.6 is 0 Å². The molecule has 9 nitrogen and oxygen atoms in total. The van der Waals surface area contributed by atoms with Gasteiger partial charge in [-0.2, -0.15) is 0 Å². The van der Waals surface area contributed by atoms with Crippen LogP contribution in [-0.4, -0.2) is 76.3 Å². The summed E-state index contributed by atoms with van der Waals surface area (Å²) in [6, 6.07) is 7.77. The van der Waals surface area contributed by atoms with Crippen LogP contribution in [-0.2, 0) is 25.5 Å². The molecule has 2 heterocycles. The van der Waals surface area contributed by atoms with Gasteiger partial charge < -0.3 is 15.3 Å². The van der Waals surface area contributed by atoms with Gasteiger partial charge in [-0.05, 0) is 51.0 Å². The zero-order chi connectivity index (χ0) is 21.5. The lowest BCUT2D eigenvalue weighted by Crippen LogP contribution is -2.61. The van der Waals surface area contributed by atoms with Crippen molar-refractivity contribution >= 4 is 17.8 Å². The fourth-order valence-corrected chi connectivity index (χ4v) is 4.26. The number of esters is 1. The third-order valence-electron chi connectivity index (χ3n) is 5.75. The van der Waals surface area contributed by atoms with Crippen molar-refractivity contribution in [2.75, 3.05) is 19.7 Å². The number of aryl methyl sites for hydroxylation is 1. The van der Waals surface area contributed by atoms with Crippen LogP contribution in [0.1, 0.15) is 44.6 Å². The zero-order valence-corrected chi connectivity index (χ0v) is 18.0. The third kappa shape index (κ3) is 6.25. The van der Waals surface area contributed by atoms with E-state index in [2.05, 4.69) is 5.32 Å². The highest BCUT2D eigenvalue weighted by atomic mass is 16.5. The molecule has 2 fully saturated rings. The smallest absolute Gasteiger partial charge is 0.328 e. The summed E-state index contributed by atoms with van der Waals surface area (Å²) in [4.78, 5) is 37.6. The highest BCUT2D eigenvalue weighted by Gasteiger charge is 2.42. The Bertz CT molecular complexity index is 744. The second-order valence-electron chi connectivity index (χ2n) is 7.82. The Hall–Kier alpha value is -2.49. The Labute approximate surface area is 182 Å². The Balaban J connectivity index is 0.00000341. The maximum absolute atomic E-state index is 13.3. The summed E-state index contributed by atoms with van der Waals surface area (Å²) in [6.07, 6.45) is 3.67. The van der Waals surface area contributed by atoms with E-state index in [0.717, 1.165) is 18.4 Å². The Kier molecular flexibility index (Phi) is 9.42. The number of hydrazine groups is 1. The monoisotopic (exact) mass is 435 g/mol. The lowest BCUT2D eigenvalue weighted by atomic mass is 10.0. The molecular formula is C22H33N3O6. The lowest BCUT2D eigenvalue weighted by Gasteiger charge is -2.42. The van der Waals surface area contributed by atoms with Crippen LogP contribution in [0.3, 0.4) is 0 Å². The first kappa shape index (κ1) is 24.8. The molecule has 2 saturated heterocycles. The van der Waals surface area contributed by atoms with Crippen LogP contribution in [0, 0.1) is 0 Å². The third-order valence-corrected chi connectivity index (χ3v) is 5.75. The van der Waals surface area contributed by atoms with E-state index in [1.807, 2.05) is 35.3 Å². The Morgan fingerprint density at radius 3 is 2.52 bits per heavy atom. The fourth-order valence-electron chi connectivity index (χ4n) is 4.26. The van der Waals surface area contributed by atoms with E-state index in [4.69, 9.17) is 4.74 Å². The SMILES string of the molecule is CCOC(=O)C(CCc1ccccc1)NC1CCCN2CCCC(C(=O)O)N2C1=O.O. The van der Waals surface area contributed by atoms with Gasteiger partial charge in [0.2, 0.25) is 0 Å². The van der Waals surface area contributed by atoms with Crippen molar-refractivity contribution in [3.8, 4) is 0 Å². The van der Waals surface area contributed by atoms with Crippen molar-refractivity contribution in [1.82, 2.24) is 15.3 Å². The average Bonchev–Trinajstić information content (AvgIpc) is 2.90. The summed E-state index contributed by atoms with van der Waals surface area (Å²) in [7, 11) is 0. The summed E-state index contributed by atoms with van der Waals surface area (Å²) in [5, 5.41) is 16.1. The van der Waals surface area contributed by atoms with E-state index in [-0.39, 0.29) is 24.0 Å². The van der Waals surface area contributed by atoms with Crippen molar-refractivity contribution in [2.24, 2.45) is 0 Å². The standard InChI is InChI=1S/C22H31N3O5.H2O/c1-2-30-22(29)18(13-12-16-8-4-3-5-9-16)23-17-10-6-14-24-15-7-11-19(21(27)28)25(24)20(17)26;/h3-5,8-9,17-19,23H,2,6-7,10-15H2,1H3,(H,27,28);1H2. The quantitative estimate of drug-likeness (QED) is 0.577. The molecule has 1 amide bonds.